The fraction of sp³-hybridized carbons (Fsp3) is 0.125. The normalized spacial score (nSPS) is 10.1. The van der Waals surface area contributed by atoms with Crippen molar-refractivity contribution in [1.29, 1.82) is 0 Å². The topological polar surface area (TPSA) is 105 Å². The Hall–Kier alpha value is -3.02. The molecule has 2 aromatic rings. The summed E-state index contributed by atoms with van der Waals surface area (Å²) < 4.78 is 10.1. The summed E-state index contributed by atoms with van der Waals surface area (Å²) in [6.07, 6.45) is 0. The lowest BCUT2D eigenvalue weighted by atomic mass is 10.0. The average Bonchev–Trinajstić information content (AvgIpc) is 2.43. The highest BCUT2D eigenvalue weighted by Crippen LogP contribution is 2.33. The van der Waals surface area contributed by atoms with Crippen LogP contribution in [0.25, 0.3) is 11.1 Å². The van der Waals surface area contributed by atoms with Gasteiger partial charge in [0.15, 0.2) is 11.5 Å². The second-order valence-electron chi connectivity index (χ2n) is 4.69. The number of hydrogen-bond donors (Lipinski definition) is 2. The Labute approximate surface area is 127 Å². The summed E-state index contributed by atoms with van der Waals surface area (Å²) >= 11 is 0. The molecule has 114 valence electrons. The van der Waals surface area contributed by atoms with E-state index in [9.17, 15) is 9.59 Å². The second-order valence-corrected chi connectivity index (χ2v) is 4.69. The lowest BCUT2D eigenvalue weighted by Gasteiger charge is -2.11. The number of hydrogen-bond acceptors (Lipinski definition) is 6. The van der Waals surface area contributed by atoms with Crippen LogP contribution in [0.4, 0.5) is 11.4 Å². The minimum Gasteiger partial charge on any atom is -0.424 e. The third kappa shape index (κ3) is 3.54. The molecule has 2 rings (SSSR count). The minimum atomic E-state index is -0.457. The molecule has 0 spiro atoms. The molecule has 0 amide bonds. The molecule has 0 unspecified atom stereocenters. The van der Waals surface area contributed by atoms with Gasteiger partial charge < -0.3 is 20.9 Å². The van der Waals surface area contributed by atoms with Crippen LogP contribution in [0.1, 0.15) is 13.8 Å². The molecule has 6 nitrogen and oxygen atoms in total. The van der Waals surface area contributed by atoms with E-state index in [0.717, 1.165) is 11.1 Å². The number of nitrogens with two attached hydrogens (primary N) is 2. The summed E-state index contributed by atoms with van der Waals surface area (Å²) in [5.41, 5.74) is 13.7. The third-order valence-corrected chi connectivity index (χ3v) is 2.87. The third-order valence-electron chi connectivity index (χ3n) is 2.87. The van der Waals surface area contributed by atoms with Gasteiger partial charge in [0.2, 0.25) is 0 Å². The molecule has 0 radical (unpaired) electrons. The summed E-state index contributed by atoms with van der Waals surface area (Å²) in [6.45, 7) is 2.60. The lowest BCUT2D eigenvalue weighted by molar-refractivity contribution is -0.132. The van der Waals surface area contributed by atoms with Crippen molar-refractivity contribution in [3.8, 4) is 22.6 Å². The Morgan fingerprint density at radius 2 is 1.14 bits per heavy atom. The molecule has 0 fully saturated rings. The SMILES string of the molecule is CC(=O)Oc1cc(-c2ccc(N)c(OC(C)=O)c2)ccc1N. The predicted molar refractivity (Wildman–Crippen MR) is 83.3 cm³/mol. The molecule has 0 heterocycles. The van der Waals surface area contributed by atoms with Crippen LogP contribution < -0.4 is 20.9 Å². The van der Waals surface area contributed by atoms with E-state index < -0.39 is 11.9 Å². The van der Waals surface area contributed by atoms with E-state index in [4.69, 9.17) is 20.9 Å². The van der Waals surface area contributed by atoms with E-state index in [1.54, 1.807) is 36.4 Å². The van der Waals surface area contributed by atoms with E-state index in [1.807, 2.05) is 0 Å². The molecule has 4 N–H and O–H groups in total. The molecule has 0 aliphatic rings. The maximum absolute atomic E-state index is 11.1. The summed E-state index contributed by atoms with van der Waals surface area (Å²) in [7, 11) is 0. The zero-order valence-corrected chi connectivity index (χ0v) is 12.3. The van der Waals surface area contributed by atoms with Crippen LogP contribution >= 0.6 is 0 Å². The Balaban J connectivity index is 2.43. The largest absolute Gasteiger partial charge is 0.424 e. The summed E-state index contributed by atoms with van der Waals surface area (Å²) in [4.78, 5) is 22.2. The number of carbonyl (C=O) groups is 2. The molecule has 0 saturated heterocycles. The monoisotopic (exact) mass is 300 g/mol. The van der Waals surface area contributed by atoms with Crippen molar-refractivity contribution in [2.75, 3.05) is 11.5 Å². The number of esters is 2. The molecule has 0 aromatic heterocycles. The molecule has 0 saturated carbocycles. The van der Waals surface area contributed by atoms with E-state index in [1.165, 1.54) is 13.8 Å². The van der Waals surface area contributed by atoms with Gasteiger partial charge >= 0.3 is 11.9 Å². The quantitative estimate of drug-likeness (QED) is 0.512. The van der Waals surface area contributed by atoms with Crippen molar-refractivity contribution in [3.63, 3.8) is 0 Å². The smallest absolute Gasteiger partial charge is 0.308 e. The number of ether oxygens (including phenoxy) is 2. The van der Waals surface area contributed by atoms with Crippen molar-refractivity contribution >= 4 is 23.3 Å². The van der Waals surface area contributed by atoms with Gasteiger partial charge in [-0.1, -0.05) is 12.1 Å². The first-order valence-electron chi connectivity index (χ1n) is 6.53. The molecule has 0 aliphatic carbocycles. The van der Waals surface area contributed by atoms with Gasteiger partial charge in [-0.05, 0) is 35.4 Å². The minimum absolute atomic E-state index is 0.274. The van der Waals surface area contributed by atoms with Crippen LogP contribution in [0.5, 0.6) is 11.5 Å². The maximum atomic E-state index is 11.1. The van der Waals surface area contributed by atoms with Crippen molar-refractivity contribution in [2.45, 2.75) is 13.8 Å². The van der Waals surface area contributed by atoms with Gasteiger partial charge in [-0.2, -0.15) is 0 Å². The van der Waals surface area contributed by atoms with Crippen molar-refractivity contribution in [3.05, 3.63) is 36.4 Å². The molecule has 0 bridgehead atoms. The molecule has 22 heavy (non-hydrogen) atoms. The average molecular weight is 300 g/mol. The first kappa shape index (κ1) is 15.4. The number of carbonyl (C=O) groups excluding carboxylic acids is 2. The van der Waals surface area contributed by atoms with Gasteiger partial charge in [-0.3, -0.25) is 9.59 Å². The Bertz CT molecular complexity index is 677. The Kier molecular flexibility index (Phi) is 4.31. The highest BCUT2D eigenvalue weighted by atomic mass is 16.5. The van der Waals surface area contributed by atoms with Crippen LogP contribution in [0, 0.1) is 0 Å². The first-order valence-corrected chi connectivity index (χ1v) is 6.53. The standard InChI is InChI=1S/C16H16N2O4/c1-9(19)21-15-7-11(3-5-13(15)17)12-4-6-14(18)16(8-12)22-10(2)20/h3-8H,17-18H2,1-2H3. The van der Waals surface area contributed by atoms with Gasteiger partial charge in [-0.25, -0.2) is 0 Å². The Morgan fingerprint density at radius 3 is 1.45 bits per heavy atom. The Morgan fingerprint density at radius 1 is 0.773 bits per heavy atom. The number of anilines is 2. The van der Waals surface area contributed by atoms with Crippen LogP contribution in [0.2, 0.25) is 0 Å². The second kappa shape index (κ2) is 6.17. The number of nitrogen functional groups attached to an aromatic ring is 2. The van der Waals surface area contributed by atoms with Crippen LogP contribution in [-0.2, 0) is 9.59 Å². The molecule has 0 atom stereocenters. The lowest BCUT2D eigenvalue weighted by Crippen LogP contribution is -2.05. The van der Waals surface area contributed by atoms with Gasteiger partial charge in [0, 0.05) is 13.8 Å². The maximum Gasteiger partial charge on any atom is 0.308 e. The van der Waals surface area contributed by atoms with Crippen molar-refractivity contribution in [1.82, 2.24) is 0 Å². The van der Waals surface area contributed by atoms with Gasteiger partial charge in [0.05, 0.1) is 11.4 Å². The van der Waals surface area contributed by atoms with Crippen molar-refractivity contribution < 1.29 is 19.1 Å². The van der Waals surface area contributed by atoms with E-state index >= 15 is 0 Å². The summed E-state index contributed by atoms with van der Waals surface area (Å²) in [5, 5.41) is 0. The molecular weight excluding hydrogens is 284 g/mol. The van der Waals surface area contributed by atoms with E-state index in [-0.39, 0.29) is 11.5 Å². The van der Waals surface area contributed by atoms with Gasteiger partial charge in [-0.15, -0.1) is 0 Å². The van der Waals surface area contributed by atoms with E-state index in [0.29, 0.717) is 11.4 Å². The highest BCUT2D eigenvalue weighted by Gasteiger charge is 2.10. The zero-order valence-electron chi connectivity index (χ0n) is 12.3. The van der Waals surface area contributed by atoms with Crippen LogP contribution in [0.3, 0.4) is 0 Å². The highest BCUT2D eigenvalue weighted by molar-refractivity contribution is 5.78. The van der Waals surface area contributed by atoms with Gasteiger partial charge in [0.25, 0.3) is 0 Å². The van der Waals surface area contributed by atoms with E-state index in [2.05, 4.69) is 0 Å². The molecule has 2 aromatic carbocycles. The summed E-state index contributed by atoms with van der Waals surface area (Å²) in [6, 6.07) is 10.1. The molecule has 6 heteroatoms. The fourth-order valence-electron chi connectivity index (χ4n) is 1.91. The molecular formula is C16H16N2O4. The molecule has 0 aliphatic heterocycles. The zero-order chi connectivity index (χ0) is 16.3. The van der Waals surface area contributed by atoms with Gasteiger partial charge in [0.1, 0.15) is 0 Å². The number of benzene rings is 2. The number of rotatable bonds is 3. The van der Waals surface area contributed by atoms with Crippen LogP contribution in [-0.4, -0.2) is 11.9 Å². The predicted octanol–water partition coefficient (Wildman–Crippen LogP) is 2.37. The summed E-state index contributed by atoms with van der Waals surface area (Å²) in [5.74, 6) is -0.366. The van der Waals surface area contributed by atoms with Crippen molar-refractivity contribution in [2.24, 2.45) is 0 Å². The fourth-order valence-corrected chi connectivity index (χ4v) is 1.91. The van der Waals surface area contributed by atoms with Crippen LogP contribution in [0.15, 0.2) is 36.4 Å². The first-order chi connectivity index (χ1) is 10.4.